The summed E-state index contributed by atoms with van der Waals surface area (Å²) in [4.78, 5) is 41.2. The number of amides is 2. The van der Waals surface area contributed by atoms with Crippen molar-refractivity contribution in [2.24, 2.45) is 0 Å². The van der Waals surface area contributed by atoms with Gasteiger partial charge in [0.2, 0.25) is 0 Å². The molecule has 1 fully saturated rings. The fourth-order valence-corrected chi connectivity index (χ4v) is 4.67. The summed E-state index contributed by atoms with van der Waals surface area (Å²) < 4.78 is 15.9. The van der Waals surface area contributed by atoms with Crippen LogP contribution in [0.25, 0.3) is 0 Å². The van der Waals surface area contributed by atoms with Crippen LogP contribution < -0.4 is 15.0 Å². The number of nitrogens with one attached hydrogen (secondary N) is 1. The van der Waals surface area contributed by atoms with Crippen molar-refractivity contribution >= 4 is 29.3 Å². The van der Waals surface area contributed by atoms with Gasteiger partial charge in [0.15, 0.2) is 6.61 Å². The molecule has 2 amide bonds. The standard InChI is InChI=1S/C28H35N3O6/c1-6-35-25(32)17-36-22-8-9-23(18(2)13-22)29-26(33)19-7-10-24-20(14-19)15-21-16-30(11-12-31(21)24)27(34)37-28(3,4)5/h7-10,13-14,21H,6,11-12,15-17H2,1-5H3,(H,29,33). The van der Waals surface area contributed by atoms with E-state index in [1.165, 1.54) is 0 Å². The molecule has 0 radical (unpaired) electrons. The van der Waals surface area contributed by atoms with Crippen LogP contribution in [0.15, 0.2) is 36.4 Å². The van der Waals surface area contributed by atoms with Crippen LogP contribution in [0.1, 0.15) is 49.2 Å². The van der Waals surface area contributed by atoms with E-state index in [2.05, 4.69) is 10.2 Å². The number of ether oxygens (including phenoxy) is 3. The molecule has 2 aliphatic rings. The molecule has 0 saturated carbocycles. The summed E-state index contributed by atoms with van der Waals surface area (Å²) in [6.07, 6.45) is 0.484. The Morgan fingerprint density at radius 3 is 2.57 bits per heavy atom. The Morgan fingerprint density at radius 1 is 1.08 bits per heavy atom. The third-order valence-corrected chi connectivity index (χ3v) is 6.35. The van der Waals surface area contributed by atoms with E-state index in [-0.39, 0.29) is 24.6 Å². The van der Waals surface area contributed by atoms with Gasteiger partial charge in [0.1, 0.15) is 11.4 Å². The molecular formula is C28H35N3O6. The van der Waals surface area contributed by atoms with Crippen LogP contribution in [0.5, 0.6) is 5.75 Å². The number of esters is 1. The van der Waals surface area contributed by atoms with Crippen LogP contribution in [0.4, 0.5) is 16.2 Å². The lowest BCUT2D eigenvalue weighted by molar-refractivity contribution is -0.145. The maximum atomic E-state index is 13.0. The lowest BCUT2D eigenvalue weighted by atomic mass is 10.1. The number of piperazine rings is 1. The summed E-state index contributed by atoms with van der Waals surface area (Å²) in [6, 6.07) is 11.2. The quantitative estimate of drug-likeness (QED) is 0.584. The minimum atomic E-state index is -0.524. The molecule has 1 saturated heterocycles. The number of benzene rings is 2. The van der Waals surface area contributed by atoms with E-state index in [4.69, 9.17) is 14.2 Å². The molecule has 0 spiro atoms. The van der Waals surface area contributed by atoms with E-state index in [1.54, 1.807) is 30.0 Å². The van der Waals surface area contributed by atoms with E-state index >= 15 is 0 Å². The Bertz CT molecular complexity index is 1190. The first kappa shape index (κ1) is 26.3. The molecule has 1 N–H and O–H groups in total. The summed E-state index contributed by atoms with van der Waals surface area (Å²) >= 11 is 0. The first-order valence-corrected chi connectivity index (χ1v) is 12.6. The van der Waals surface area contributed by atoms with E-state index in [9.17, 15) is 14.4 Å². The van der Waals surface area contributed by atoms with Crippen LogP contribution in [-0.4, -0.2) is 67.4 Å². The van der Waals surface area contributed by atoms with E-state index in [0.717, 1.165) is 29.8 Å². The predicted octanol–water partition coefficient (Wildman–Crippen LogP) is 4.17. The number of aryl methyl sites for hydroxylation is 1. The minimum absolute atomic E-state index is 0.165. The highest BCUT2D eigenvalue weighted by molar-refractivity contribution is 6.05. The summed E-state index contributed by atoms with van der Waals surface area (Å²) in [5.41, 5.74) is 3.75. The van der Waals surface area contributed by atoms with Crippen molar-refractivity contribution in [2.45, 2.75) is 52.7 Å². The van der Waals surface area contributed by atoms with Crippen molar-refractivity contribution in [2.75, 3.05) is 43.1 Å². The average Bonchev–Trinajstić information content (AvgIpc) is 3.20. The van der Waals surface area contributed by atoms with Gasteiger partial charge in [-0.25, -0.2) is 9.59 Å². The minimum Gasteiger partial charge on any atom is -0.482 e. The van der Waals surface area contributed by atoms with E-state index in [1.807, 2.05) is 45.9 Å². The second-order valence-electron chi connectivity index (χ2n) is 10.3. The number of carbonyl (C=O) groups is 3. The fraction of sp³-hybridized carbons (Fsp3) is 0.464. The maximum Gasteiger partial charge on any atom is 0.410 e. The van der Waals surface area contributed by atoms with Crippen LogP contribution >= 0.6 is 0 Å². The van der Waals surface area contributed by atoms with Gasteiger partial charge in [-0.1, -0.05) is 0 Å². The van der Waals surface area contributed by atoms with Crippen LogP contribution in [0, 0.1) is 6.92 Å². The lowest BCUT2D eigenvalue weighted by Gasteiger charge is -2.39. The maximum absolute atomic E-state index is 13.0. The zero-order valence-electron chi connectivity index (χ0n) is 22.1. The van der Waals surface area contributed by atoms with Crippen molar-refractivity contribution in [3.8, 4) is 5.75 Å². The molecule has 4 rings (SSSR count). The second-order valence-corrected chi connectivity index (χ2v) is 10.3. The first-order valence-electron chi connectivity index (χ1n) is 12.6. The number of hydrogen-bond donors (Lipinski definition) is 1. The molecule has 37 heavy (non-hydrogen) atoms. The van der Waals surface area contributed by atoms with Gasteiger partial charge in [-0.2, -0.15) is 0 Å². The van der Waals surface area contributed by atoms with E-state index in [0.29, 0.717) is 36.7 Å². The monoisotopic (exact) mass is 509 g/mol. The van der Waals surface area contributed by atoms with Gasteiger partial charge in [0.25, 0.3) is 5.91 Å². The zero-order chi connectivity index (χ0) is 26.7. The van der Waals surface area contributed by atoms with Crippen molar-refractivity contribution < 1.29 is 28.6 Å². The van der Waals surface area contributed by atoms with Gasteiger partial charge in [0.05, 0.1) is 12.6 Å². The Balaban J connectivity index is 1.38. The molecule has 0 aliphatic carbocycles. The molecule has 1 unspecified atom stereocenters. The number of anilines is 2. The number of nitrogens with zero attached hydrogens (tertiary/aromatic N) is 2. The molecule has 2 heterocycles. The predicted molar refractivity (Wildman–Crippen MR) is 140 cm³/mol. The molecule has 9 heteroatoms. The van der Waals surface area contributed by atoms with Crippen molar-refractivity contribution in [3.05, 3.63) is 53.1 Å². The molecule has 198 valence electrons. The smallest absolute Gasteiger partial charge is 0.410 e. The topological polar surface area (TPSA) is 97.4 Å². The van der Waals surface area contributed by atoms with Crippen LogP contribution in [0.3, 0.4) is 0 Å². The number of rotatable bonds is 6. The highest BCUT2D eigenvalue weighted by Crippen LogP contribution is 2.35. The normalized spacial score (nSPS) is 16.5. The largest absolute Gasteiger partial charge is 0.482 e. The van der Waals surface area contributed by atoms with Gasteiger partial charge in [-0.05, 0) is 88.6 Å². The highest BCUT2D eigenvalue weighted by atomic mass is 16.6. The second kappa shape index (κ2) is 10.7. The number of carbonyl (C=O) groups excluding carboxylic acids is 3. The molecule has 0 bridgehead atoms. The average molecular weight is 510 g/mol. The van der Waals surface area contributed by atoms with Gasteiger partial charge in [-0.3, -0.25) is 4.79 Å². The highest BCUT2D eigenvalue weighted by Gasteiger charge is 2.37. The molecular weight excluding hydrogens is 474 g/mol. The van der Waals surface area contributed by atoms with Gasteiger partial charge in [0, 0.05) is 36.6 Å². The molecule has 1 atom stereocenters. The lowest BCUT2D eigenvalue weighted by Crippen LogP contribution is -2.54. The first-order chi connectivity index (χ1) is 17.5. The summed E-state index contributed by atoms with van der Waals surface area (Å²) in [7, 11) is 0. The zero-order valence-corrected chi connectivity index (χ0v) is 22.1. The van der Waals surface area contributed by atoms with E-state index < -0.39 is 11.6 Å². The summed E-state index contributed by atoms with van der Waals surface area (Å²) in [6.45, 7) is 11.3. The van der Waals surface area contributed by atoms with Gasteiger partial charge >= 0.3 is 12.1 Å². The Hall–Kier alpha value is -3.75. The van der Waals surface area contributed by atoms with Gasteiger partial charge in [-0.15, -0.1) is 0 Å². The number of hydrogen-bond acceptors (Lipinski definition) is 7. The third-order valence-electron chi connectivity index (χ3n) is 6.35. The van der Waals surface area contributed by atoms with Crippen molar-refractivity contribution in [3.63, 3.8) is 0 Å². The molecule has 2 aliphatic heterocycles. The Labute approximate surface area is 217 Å². The third kappa shape index (κ3) is 6.34. The molecule has 9 nitrogen and oxygen atoms in total. The van der Waals surface area contributed by atoms with Crippen LogP contribution in [0.2, 0.25) is 0 Å². The Kier molecular flexibility index (Phi) is 7.61. The SMILES string of the molecule is CCOC(=O)COc1ccc(NC(=O)c2ccc3c(c2)CC2CN(C(=O)OC(C)(C)C)CCN32)c(C)c1. The van der Waals surface area contributed by atoms with Gasteiger partial charge < -0.3 is 29.3 Å². The fourth-order valence-electron chi connectivity index (χ4n) is 4.67. The molecule has 0 aromatic heterocycles. The van der Waals surface area contributed by atoms with Crippen LogP contribution in [-0.2, 0) is 20.7 Å². The van der Waals surface area contributed by atoms with Crippen molar-refractivity contribution in [1.82, 2.24) is 4.90 Å². The Morgan fingerprint density at radius 2 is 1.86 bits per heavy atom. The molecule has 2 aromatic carbocycles. The van der Waals surface area contributed by atoms with Crippen molar-refractivity contribution in [1.29, 1.82) is 0 Å². The number of fused-ring (bicyclic) bond motifs is 3. The summed E-state index contributed by atoms with van der Waals surface area (Å²) in [5, 5.41) is 2.97. The molecule has 2 aromatic rings. The summed E-state index contributed by atoms with van der Waals surface area (Å²) in [5.74, 6) is -0.104.